The number of carbonyl (C=O) groups excluding carboxylic acids is 1. The Bertz CT molecular complexity index is 1050. The van der Waals surface area contributed by atoms with E-state index in [2.05, 4.69) is 41.3 Å². The lowest BCUT2D eigenvalue weighted by Gasteiger charge is -2.34. The zero-order chi connectivity index (χ0) is 21.6. The molecule has 6 heteroatoms. The summed E-state index contributed by atoms with van der Waals surface area (Å²) in [5.74, 6) is 2.18. The van der Waals surface area contributed by atoms with Gasteiger partial charge in [0.05, 0.1) is 20.0 Å². The molecule has 1 saturated heterocycles. The Balaban J connectivity index is 1.26. The SMILES string of the molecule is COc1ccc(CN2CCN(C(=O)CSc3ccc4ccccc4c3)CC2)cc1OC. The van der Waals surface area contributed by atoms with E-state index in [1.54, 1.807) is 26.0 Å². The molecule has 0 atom stereocenters. The molecule has 1 heterocycles. The van der Waals surface area contributed by atoms with E-state index in [4.69, 9.17) is 9.47 Å². The number of rotatable bonds is 7. The Morgan fingerprint density at radius 1 is 0.871 bits per heavy atom. The maximum atomic E-state index is 12.7. The molecule has 0 unspecified atom stereocenters. The van der Waals surface area contributed by atoms with Crippen molar-refractivity contribution >= 4 is 28.4 Å². The summed E-state index contributed by atoms with van der Waals surface area (Å²) in [5, 5.41) is 2.44. The number of benzene rings is 3. The van der Waals surface area contributed by atoms with Gasteiger partial charge >= 0.3 is 0 Å². The fourth-order valence-electron chi connectivity index (χ4n) is 3.89. The van der Waals surface area contributed by atoms with E-state index in [0.717, 1.165) is 49.1 Å². The summed E-state index contributed by atoms with van der Waals surface area (Å²) in [6.07, 6.45) is 0. The van der Waals surface area contributed by atoms with Crippen LogP contribution in [-0.4, -0.2) is 61.9 Å². The Hall–Kier alpha value is -2.70. The predicted octanol–water partition coefficient (Wildman–Crippen LogP) is 4.29. The number of nitrogens with zero attached hydrogens (tertiary/aromatic N) is 2. The third kappa shape index (κ3) is 5.32. The molecule has 3 aromatic carbocycles. The van der Waals surface area contributed by atoms with Crippen molar-refractivity contribution in [1.29, 1.82) is 0 Å². The molecule has 1 fully saturated rings. The van der Waals surface area contributed by atoms with Crippen molar-refractivity contribution in [2.75, 3.05) is 46.2 Å². The smallest absolute Gasteiger partial charge is 0.233 e. The summed E-state index contributed by atoms with van der Waals surface area (Å²) < 4.78 is 10.7. The lowest BCUT2D eigenvalue weighted by molar-refractivity contribution is -0.130. The number of ether oxygens (including phenoxy) is 2. The van der Waals surface area contributed by atoms with E-state index in [1.807, 2.05) is 29.2 Å². The van der Waals surface area contributed by atoms with Crippen molar-refractivity contribution < 1.29 is 14.3 Å². The fourth-order valence-corrected chi connectivity index (χ4v) is 4.73. The molecular weight excluding hydrogens is 408 g/mol. The largest absolute Gasteiger partial charge is 0.493 e. The molecule has 1 aliphatic heterocycles. The molecule has 4 rings (SSSR count). The van der Waals surface area contributed by atoms with Crippen LogP contribution in [0.15, 0.2) is 65.6 Å². The van der Waals surface area contributed by atoms with Gasteiger partial charge < -0.3 is 14.4 Å². The number of hydrogen-bond acceptors (Lipinski definition) is 5. The minimum absolute atomic E-state index is 0.212. The van der Waals surface area contributed by atoms with Crippen LogP contribution in [0.4, 0.5) is 0 Å². The zero-order valence-corrected chi connectivity index (χ0v) is 18.9. The monoisotopic (exact) mass is 436 g/mol. The van der Waals surface area contributed by atoms with Gasteiger partial charge in [-0.25, -0.2) is 0 Å². The third-order valence-corrected chi connectivity index (χ3v) is 6.64. The van der Waals surface area contributed by atoms with Gasteiger partial charge in [-0.1, -0.05) is 36.4 Å². The van der Waals surface area contributed by atoms with Crippen LogP contribution in [0.2, 0.25) is 0 Å². The van der Waals surface area contributed by atoms with E-state index < -0.39 is 0 Å². The molecule has 5 nitrogen and oxygen atoms in total. The van der Waals surface area contributed by atoms with Crippen LogP contribution in [0.5, 0.6) is 11.5 Å². The molecular formula is C25H28N2O3S. The third-order valence-electron chi connectivity index (χ3n) is 5.66. The number of hydrogen-bond donors (Lipinski definition) is 0. The van der Waals surface area contributed by atoms with E-state index in [9.17, 15) is 4.79 Å². The fraction of sp³-hybridized carbons (Fsp3) is 0.320. The zero-order valence-electron chi connectivity index (χ0n) is 18.0. The van der Waals surface area contributed by atoms with Crippen molar-refractivity contribution in [2.45, 2.75) is 11.4 Å². The lowest BCUT2D eigenvalue weighted by Crippen LogP contribution is -2.48. The maximum absolute atomic E-state index is 12.7. The van der Waals surface area contributed by atoms with Gasteiger partial charge in [0.15, 0.2) is 11.5 Å². The van der Waals surface area contributed by atoms with E-state index in [0.29, 0.717) is 5.75 Å². The standard InChI is InChI=1S/C25H28N2O3S/c1-29-23-10-7-19(15-24(23)30-2)17-26-11-13-27(14-12-26)25(28)18-31-22-9-8-20-5-3-4-6-21(20)16-22/h3-10,15-16H,11-14,17-18H2,1-2H3. The van der Waals surface area contributed by atoms with Crippen molar-refractivity contribution in [2.24, 2.45) is 0 Å². The number of piperazine rings is 1. The first kappa shape index (κ1) is 21.5. The van der Waals surface area contributed by atoms with Gasteiger partial charge in [0.25, 0.3) is 0 Å². The molecule has 162 valence electrons. The predicted molar refractivity (Wildman–Crippen MR) is 126 cm³/mol. The summed E-state index contributed by atoms with van der Waals surface area (Å²) >= 11 is 1.62. The Labute approximate surface area is 187 Å². The van der Waals surface area contributed by atoms with Gasteiger partial charge in [-0.15, -0.1) is 11.8 Å². The number of thioether (sulfide) groups is 1. The molecule has 0 bridgehead atoms. The first-order valence-electron chi connectivity index (χ1n) is 10.5. The summed E-state index contributed by atoms with van der Waals surface area (Å²) in [6.45, 7) is 4.13. The van der Waals surface area contributed by atoms with Gasteiger partial charge in [0.2, 0.25) is 5.91 Å². The molecule has 0 N–H and O–H groups in total. The van der Waals surface area contributed by atoms with E-state index in [-0.39, 0.29) is 5.91 Å². The van der Waals surface area contributed by atoms with Crippen molar-refractivity contribution in [3.8, 4) is 11.5 Å². The van der Waals surface area contributed by atoms with Crippen LogP contribution in [0, 0.1) is 0 Å². The van der Waals surface area contributed by atoms with Crippen LogP contribution in [0.25, 0.3) is 10.8 Å². The van der Waals surface area contributed by atoms with Gasteiger partial charge in [-0.2, -0.15) is 0 Å². The highest BCUT2D eigenvalue weighted by molar-refractivity contribution is 8.00. The van der Waals surface area contributed by atoms with Crippen LogP contribution < -0.4 is 9.47 Å². The maximum Gasteiger partial charge on any atom is 0.233 e. The summed E-state index contributed by atoms with van der Waals surface area (Å²) in [5.41, 5.74) is 1.18. The van der Waals surface area contributed by atoms with Gasteiger partial charge in [0, 0.05) is 37.6 Å². The molecule has 31 heavy (non-hydrogen) atoms. The highest BCUT2D eigenvalue weighted by Crippen LogP contribution is 2.28. The topological polar surface area (TPSA) is 42.0 Å². The first-order chi connectivity index (χ1) is 15.2. The highest BCUT2D eigenvalue weighted by Gasteiger charge is 2.21. The molecule has 0 saturated carbocycles. The van der Waals surface area contributed by atoms with Crippen LogP contribution in [0.3, 0.4) is 0 Å². The minimum atomic E-state index is 0.212. The van der Waals surface area contributed by atoms with Gasteiger partial charge in [-0.05, 0) is 40.6 Å². The first-order valence-corrected chi connectivity index (χ1v) is 11.5. The van der Waals surface area contributed by atoms with E-state index >= 15 is 0 Å². The molecule has 3 aromatic rings. The highest BCUT2D eigenvalue weighted by atomic mass is 32.2. The van der Waals surface area contributed by atoms with Crippen LogP contribution in [-0.2, 0) is 11.3 Å². The summed E-state index contributed by atoms with van der Waals surface area (Å²) in [7, 11) is 3.30. The second-order valence-corrected chi connectivity index (χ2v) is 8.69. The van der Waals surface area contributed by atoms with Crippen molar-refractivity contribution in [3.05, 3.63) is 66.2 Å². The van der Waals surface area contributed by atoms with Gasteiger partial charge in [-0.3, -0.25) is 9.69 Å². The Morgan fingerprint density at radius 2 is 1.61 bits per heavy atom. The number of fused-ring (bicyclic) bond motifs is 1. The van der Waals surface area contributed by atoms with E-state index in [1.165, 1.54) is 16.3 Å². The number of amides is 1. The Kier molecular flexibility index (Phi) is 6.99. The average Bonchev–Trinajstić information content (AvgIpc) is 2.82. The second-order valence-electron chi connectivity index (χ2n) is 7.64. The summed E-state index contributed by atoms with van der Waals surface area (Å²) in [4.78, 5) is 18.2. The van der Waals surface area contributed by atoms with Crippen LogP contribution >= 0.6 is 11.8 Å². The normalized spacial score (nSPS) is 14.6. The average molecular weight is 437 g/mol. The minimum Gasteiger partial charge on any atom is -0.493 e. The second kappa shape index (κ2) is 10.1. The lowest BCUT2D eigenvalue weighted by atomic mass is 10.1. The molecule has 1 aliphatic rings. The molecule has 0 aromatic heterocycles. The summed E-state index contributed by atoms with van der Waals surface area (Å²) in [6, 6.07) is 20.7. The molecule has 1 amide bonds. The number of methoxy groups -OCH3 is 2. The van der Waals surface area contributed by atoms with Gasteiger partial charge in [0.1, 0.15) is 0 Å². The van der Waals surface area contributed by atoms with Crippen LogP contribution in [0.1, 0.15) is 5.56 Å². The number of carbonyl (C=O) groups is 1. The Morgan fingerprint density at radius 3 is 2.35 bits per heavy atom. The molecule has 0 radical (unpaired) electrons. The molecule has 0 spiro atoms. The molecule has 0 aliphatic carbocycles. The van der Waals surface area contributed by atoms with Crippen molar-refractivity contribution in [1.82, 2.24) is 9.80 Å². The van der Waals surface area contributed by atoms with Crippen molar-refractivity contribution in [3.63, 3.8) is 0 Å². The quantitative estimate of drug-likeness (QED) is 0.517.